The third-order valence-electron chi connectivity index (χ3n) is 2.18. The van der Waals surface area contributed by atoms with Crippen LogP contribution in [0.25, 0.3) is 5.82 Å². The molecule has 0 radical (unpaired) electrons. The van der Waals surface area contributed by atoms with Gasteiger partial charge in [0, 0.05) is 25.1 Å². The number of amides is 1. The number of rotatable bonds is 4. The van der Waals surface area contributed by atoms with E-state index in [2.05, 4.69) is 15.3 Å². The maximum absolute atomic E-state index is 11.5. The number of nitrogens with zero attached hydrogens (tertiary/aromatic N) is 3. The van der Waals surface area contributed by atoms with Crippen LogP contribution >= 0.6 is 0 Å². The van der Waals surface area contributed by atoms with E-state index in [4.69, 9.17) is 5.11 Å². The van der Waals surface area contributed by atoms with Gasteiger partial charge in [-0.25, -0.2) is 9.97 Å². The Kier molecular flexibility index (Phi) is 3.46. The van der Waals surface area contributed by atoms with E-state index in [1.807, 2.05) is 0 Å². The maximum atomic E-state index is 11.5. The molecular formula is C11H12N4O2. The second kappa shape index (κ2) is 5.22. The molecule has 0 aliphatic rings. The summed E-state index contributed by atoms with van der Waals surface area (Å²) >= 11 is 0. The van der Waals surface area contributed by atoms with Gasteiger partial charge in [-0.05, 0) is 12.1 Å². The second-order valence-corrected chi connectivity index (χ2v) is 3.35. The largest absolute Gasteiger partial charge is 0.395 e. The number of hydrogen-bond donors (Lipinski definition) is 2. The summed E-state index contributed by atoms with van der Waals surface area (Å²) in [5.41, 5.74) is 0.460. The zero-order chi connectivity index (χ0) is 12.1. The first kappa shape index (κ1) is 11.3. The number of aromatic nitrogens is 3. The minimum absolute atomic E-state index is 0.0771. The molecule has 2 heterocycles. The van der Waals surface area contributed by atoms with E-state index in [-0.39, 0.29) is 19.1 Å². The zero-order valence-corrected chi connectivity index (χ0v) is 9.08. The summed E-state index contributed by atoms with van der Waals surface area (Å²) in [6.07, 6.45) is 6.55. The van der Waals surface area contributed by atoms with Gasteiger partial charge in [-0.2, -0.15) is 0 Å². The summed E-state index contributed by atoms with van der Waals surface area (Å²) in [6.45, 7) is 0.161. The van der Waals surface area contributed by atoms with E-state index in [1.165, 1.54) is 6.20 Å². The highest BCUT2D eigenvalue weighted by atomic mass is 16.3. The van der Waals surface area contributed by atoms with Gasteiger partial charge in [0.05, 0.1) is 12.2 Å². The molecular weight excluding hydrogens is 220 g/mol. The fourth-order valence-electron chi connectivity index (χ4n) is 1.34. The van der Waals surface area contributed by atoms with E-state index < -0.39 is 0 Å². The Morgan fingerprint density at radius 3 is 2.94 bits per heavy atom. The number of pyridine rings is 1. The molecule has 6 heteroatoms. The highest BCUT2D eigenvalue weighted by Crippen LogP contribution is 2.05. The highest BCUT2D eigenvalue weighted by molar-refractivity contribution is 5.93. The third-order valence-corrected chi connectivity index (χ3v) is 2.18. The Hall–Kier alpha value is -2.21. The first-order valence-corrected chi connectivity index (χ1v) is 5.14. The summed E-state index contributed by atoms with van der Waals surface area (Å²) in [7, 11) is 0. The number of aliphatic hydroxyl groups excluding tert-OH is 1. The van der Waals surface area contributed by atoms with Crippen molar-refractivity contribution < 1.29 is 9.90 Å². The molecule has 0 saturated carbocycles. The van der Waals surface area contributed by atoms with Crippen molar-refractivity contribution in [2.24, 2.45) is 0 Å². The van der Waals surface area contributed by atoms with E-state index in [9.17, 15) is 4.79 Å². The Morgan fingerprint density at radius 1 is 1.47 bits per heavy atom. The molecule has 0 fully saturated rings. The molecule has 2 rings (SSSR count). The van der Waals surface area contributed by atoms with Crippen molar-refractivity contribution in [3.8, 4) is 5.82 Å². The summed E-state index contributed by atoms with van der Waals surface area (Å²) in [6, 6.07) is 3.41. The molecule has 0 atom stereocenters. The van der Waals surface area contributed by atoms with Gasteiger partial charge in [0.1, 0.15) is 12.1 Å². The average molecular weight is 232 g/mol. The standard InChI is InChI=1S/C11H12N4O2/c16-6-4-13-11(17)9-1-2-10(14-7-9)15-5-3-12-8-15/h1-3,5,7-8,16H,4,6H2,(H,13,17). The molecule has 17 heavy (non-hydrogen) atoms. The normalized spacial score (nSPS) is 10.2. The fraction of sp³-hybridized carbons (Fsp3) is 0.182. The lowest BCUT2D eigenvalue weighted by Gasteiger charge is -2.04. The monoisotopic (exact) mass is 232 g/mol. The zero-order valence-electron chi connectivity index (χ0n) is 9.08. The molecule has 88 valence electrons. The Morgan fingerprint density at radius 2 is 2.35 bits per heavy atom. The van der Waals surface area contributed by atoms with Crippen LogP contribution < -0.4 is 5.32 Å². The number of aliphatic hydroxyl groups is 1. The molecule has 6 nitrogen and oxygen atoms in total. The van der Waals surface area contributed by atoms with Gasteiger partial charge in [0.15, 0.2) is 0 Å². The molecule has 1 amide bonds. The second-order valence-electron chi connectivity index (χ2n) is 3.35. The summed E-state index contributed by atoms with van der Waals surface area (Å²) < 4.78 is 1.75. The van der Waals surface area contributed by atoms with Crippen LogP contribution in [0, 0.1) is 0 Å². The van der Waals surface area contributed by atoms with Crippen molar-refractivity contribution in [2.75, 3.05) is 13.2 Å². The molecule has 0 aromatic carbocycles. The SMILES string of the molecule is O=C(NCCO)c1ccc(-n2ccnc2)nc1. The van der Waals surface area contributed by atoms with E-state index >= 15 is 0 Å². The lowest BCUT2D eigenvalue weighted by molar-refractivity contribution is 0.0944. The quantitative estimate of drug-likeness (QED) is 0.777. The van der Waals surface area contributed by atoms with Crippen molar-refractivity contribution >= 4 is 5.91 Å². The van der Waals surface area contributed by atoms with E-state index in [0.29, 0.717) is 11.4 Å². The lowest BCUT2D eigenvalue weighted by Crippen LogP contribution is -2.26. The highest BCUT2D eigenvalue weighted by Gasteiger charge is 2.05. The van der Waals surface area contributed by atoms with Gasteiger partial charge in [0.2, 0.25) is 0 Å². The van der Waals surface area contributed by atoms with Gasteiger partial charge in [-0.15, -0.1) is 0 Å². The average Bonchev–Trinajstić information content (AvgIpc) is 2.90. The molecule has 2 N–H and O–H groups in total. The van der Waals surface area contributed by atoms with Crippen molar-refractivity contribution in [1.29, 1.82) is 0 Å². The van der Waals surface area contributed by atoms with Crippen molar-refractivity contribution in [3.05, 3.63) is 42.6 Å². The topological polar surface area (TPSA) is 80.0 Å². The minimum atomic E-state index is -0.247. The molecule has 0 aliphatic carbocycles. The first-order chi connectivity index (χ1) is 8.31. The van der Waals surface area contributed by atoms with Crippen LogP contribution in [0.5, 0.6) is 0 Å². The molecule has 0 bridgehead atoms. The molecule has 0 unspecified atom stereocenters. The summed E-state index contributed by atoms with van der Waals surface area (Å²) in [4.78, 5) is 19.6. The minimum Gasteiger partial charge on any atom is -0.395 e. The molecule has 0 spiro atoms. The van der Waals surface area contributed by atoms with Crippen LogP contribution in [-0.4, -0.2) is 38.7 Å². The van der Waals surface area contributed by atoms with Crippen LogP contribution in [0.3, 0.4) is 0 Å². The summed E-state index contributed by atoms with van der Waals surface area (Å²) in [5.74, 6) is 0.449. The van der Waals surface area contributed by atoms with Gasteiger partial charge < -0.3 is 10.4 Å². The van der Waals surface area contributed by atoms with Gasteiger partial charge >= 0.3 is 0 Å². The molecule has 0 saturated heterocycles. The van der Waals surface area contributed by atoms with E-state index in [0.717, 1.165) is 0 Å². The van der Waals surface area contributed by atoms with Crippen molar-refractivity contribution in [3.63, 3.8) is 0 Å². The third kappa shape index (κ3) is 2.67. The van der Waals surface area contributed by atoms with Crippen molar-refractivity contribution in [2.45, 2.75) is 0 Å². The van der Waals surface area contributed by atoms with Crippen LogP contribution in [0.15, 0.2) is 37.1 Å². The van der Waals surface area contributed by atoms with Crippen LogP contribution in [0.1, 0.15) is 10.4 Å². The Balaban J connectivity index is 2.10. The molecule has 0 aliphatic heterocycles. The number of carbonyl (C=O) groups is 1. The fourth-order valence-corrected chi connectivity index (χ4v) is 1.34. The molecule has 2 aromatic rings. The number of imidazole rings is 1. The number of hydrogen-bond acceptors (Lipinski definition) is 4. The Labute approximate surface area is 97.9 Å². The van der Waals surface area contributed by atoms with Gasteiger partial charge in [-0.1, -0.05) is 0 Å². The van der Waals surface area contributed by atoms with E-state index in [1.54, 1.807) is 35.4 Å². The van der Waals surface area contributed by atoms with Crippen LogP contribution in [0.2, 0.25) is 0 Å². The lowest BCUT2D eigenvalue weighted by atomic mass is 10.2. The maximum Gasteiger partial charge on any atom is 0.252 e. The smallest absolute Gasteiger partial charge is 0.252 e. The number of nitrogens with one attached hydrogen (secondary N) is 1. The summed E-state index contributed by atoms with van der Waals surface area (Å²) in [5, 5.41) is 11.1. The first-order valence-electron chi connectivity index (χ1n) is 5.14. The number of carbonyl (C=O) groups excluding carboxylic acids is 1. The Bertz CT molecular complexity index is 479. The van der Waals surface area contributed by atoms with Gasteiger partial charge in [-0.3, -0.25) is 9.36 Å². The van der Waals surface area contributed by atoms with Crippen LogP contribution in [-0.2, 0) is 0 Å². The predicted octanol–water partition coefficient (Wildman–Crippen LogP) is -0.0106. The van der Waals surface area contributed by atoms with Gasteiger partial charge in [0.25, 0.3) is 5.91 Å². The van der Waals surface area contributed by atoms with Crippen LogP contribution in [0.4, 0.5) is 0 Å². The molecule has 2 aromatic heterocycles. The van der Waals surface area contributed by atoms with Crippen molar-refractivity contribution in [1.82, 2.24) is 19.9 Å². The predicted molar refractivity (Wildman–Crippen MR) is 60.8 cm³/mol.